The molecule has 0 bridgehead atoms. The number of pyridine rings is 1. The van der Waals surface area contributed by atoms with Crippen LogP contribution >= 0.6 is 0 Å². The van der Waals surface area contributed by atoms with E-state index in [2.05, 4.69) is 54.5 Å². The lowest BCUT2D eigenvalue weighted by molar-refractivity contribution is 0.0678. The molecule has 1 aromatic heterocycles. The number of hydrogen-bond acceptors (Lipinski definition) is 3. The number of rotatable bonds is 5. The Bertz CT molecular complexity index is 624. The van der Waals surface area contributed by atoms with Gasteiger partial charge in [-0.3, -0.25) is 0 Å². The van der Waals surface area contributed by atoms with Crippen LogP contribution in [0.4, 0.5) is 0 Å². The highest BCUT2D eigenvalue weighted by molar-refractivity contribution is 5.27. The molecule has 22 heavy (non-hydrogen) atoms. The van der Waals surface area contributed by atoms with Gasteiger partial charge in [-0.1, -0.05) is 44.2 Å². The zero-order chi connectivity index (χ0) is 15.6. The van der Waals surface area contributed by atoms with Crippen molar-refractivity contribution >= 4 is 0 Å². The molecule has 2 atom stereocenters. The maximum atomic E-state index is 5.18. The number of hydrogen-bond donors (Lipinski definition) is 1. The summed E-state index contributed by atoms with van der Waals surface area (Å²) in [6.07, 6.45) is 2.99. The maximum Gasteiger partial charge on any atom is 0.213 e. The Labute approximate surface area is 132 Å². The average molecular weight is 296 g/mol. The molecule has 0 spiro atoms. The Kier molecular flexibility index (Phi) is 4.16. The van der Waals surface area contributed by atoms with Gasteiger partial charge in [-0.2, -0.15) is 0 Å². The first kappa shape index (κ1) is 15.0. The van der Waals surface area contributed by atoms with Crippen molar-refractivity contribution in [3.63, 3.8) is 0 Å². The molecule has 0 aliphatic heterocycles. The van der Waals surface area contributed by atoms with E-state index in [1.807, 2.05) is 12.1 Å². The van der Waals surface area contributed by atoms with Gasteiger partial charge in [0.15, 0.2) is 0 Å². The van der Waals surface area contributed by atoms with Crippen LogP contribution in [0.2, 0.25) is 0 Å². The zero-order valence-electron chi connectivity index (χ0n) is 13.5. The van der Waals surface area contributed by atoms with Gasteiger partial charge >= 0.3 is 0 Å². The fourth-order valence-corrected chi connectivity index (χ4v) is 3.44. The number of ether oxygens (including phenoxy) is 1. The summed E-state index contributed by atoms with van der Waals surface area (Å²) < 4.78 is 5.18. The minimum atomic E-state index is 0.276. The van der Waals surface area contributed by atoms with E-state index in [4.69, 9.17) is 4.74 Å². The summed E-state index contributed by atoms with van der Waals surface area (Å²) in [5.41, 5.74) is 2.94. The summed E-state index contributed by atoms with van der Waals surface area (Å²) in [4.78, 5) is 4.15. The second-order valence-electron chi connectivity index (χ2n) is 6.66. The molecule has 3 rings (SSSR count). The lowest BCUT2D eigenvalue weighted by Gasteiger charge is -2.53. The second kappa shape index (κ2) is 6.09. The second-order valence-corrected chi connectivity index (χ2v) is 6.66. The molecular formula is C19H24N2O. The van der Waals surface area contributed by atoms with Crippen LogP contribution in [0.3, 0.4) is 0 Å². The third kappa shape index (κ3) is 2.86. The molecule has 116 valence electrons. The molecule has 2 aromatic rings. The molecule has 0 saturated heterocycles. The SMILES string of the molecule is COc1cc(CN[C@@H]2C[C@@H](c3ccccc3)C2(C)C)ccn1. The number of methoxy groups -OCH3 is 1. The van der Waals surface area contributed by atoms with Gasteiger partial charge in [0.2, 0.25) is 5.88 Å². The molecule has 1 saturated carbocycles. The van der Waals surface area contributed by atoms with Crippen LogP contribution in [0.1, 0.15) is 37.3 Å². The van der Waals surface area contributed by atoms with Crippen LogP contribution < -0.4 is 10.1 Å². The van der Waals surface area contributed by atoms with Crippen molar-refractivity contribution in [3.8, 4) is 5.88 Å². The minimum Gasteiger partial charge on any atom is -0.481 e. The van der Waals surface area contributed by atoms with E-state index in [0.717, 1.165) is 6.54 Å². The fraction of sp³-hybridized carbons (Fsp3) is 0.421. The summed E-state index contributed by atoms with van der Waals surface area (Å²) >= 11 is 0. The smallest absolute Gasteiger partial charge is 0.213 e. The van der Waals surface area contributed by atoms with Gasteiger partial charge in [-0.25, -0.2) is 4.98 Å². The lowest BCUT2D eigenvalue weighted by atomic mass is 9.56. The summed E-state index contributed by atoms with van der Waals surface area (Å²) in [6.45, 7) is 5.58. The van der Waals surface area contributed by atoms with Gasteiger partial charge in [0, 0.05) is 24.8 Å². The number of benzene rings is 1. The summed E-state index contributed by atoms with van der Waals surface area (Å²) in [5, 5.41) is 3.69. The van der Waals surface area contributed by atoms with Gasteiger partial charge in [-0.05, 0) is 34.9 Å². The summed E-state index contributed by atoms with van der Waals surface area (Å²) in [7, 11) is 1.65. The van der Waals surface area contributed by atoms with E-state index in [-0.39, 0.29) is 5.41 Å². The van der Waals surface area contributed by atoms with Crippen molar-refractivity contribution in [2.45, 2.75) is 38.8 Å². The van der Waals surface area contributed by atoms with Gasteiger partial charge in [-0.15, -0.1) is 0 Å². The molecule has 1 aliphatic carbocycles. The standard InChI is InChI=1S/C19H24N2O/c1-19(2)16(15-7-5-4-6-8-15)12-17(19)21-13-14-9-10-20-18(11-14)22-3/h4-11,16-17,21H,12-13H2,1-3H3/t16-,17+/m0/s1. The molecule has 0 unspecified atom stereocenters. The predicted octanol–water partition coefficient (Wildman–Crippen LogP) is 3.76. The quantitative estimate of drug-likeness (QED) is 0.912. The minimum absolute atomic E-state index is 0.276. The topological polar surface area (TPSA) is 34.1 Å². The van der Waals surface area contributed by atoms with Crippen LogP contribution in [-0.2, 0) is 6.54 Å². The molecule has 1 N–H and O–H groups in total. The van der Waals surface area contributed by atoms with Crippen molar-refractivity contribution in [1.29, 1.82) is 0 Å². The van der Waals surface area contributed by atoms with E-state index >= 15 is 0 Å². The van der Waals surface area contributed by atoms with Crippen LogP contribution in [0, 0.1) is 5.41 Å². The first-order valence-corrected chi connectivity index (χ1v) is 7.88. The molecule has 3 nitrogen and oxygen atoms in total. The molecule has 1 aromatic carbocycles. The Morgan fingerprint density at radius 3 is 2.68 bits per heavy atom. The van der Waals surface area contributed by atoms with Gasteiger partial charge in [0.1, 0.15) is 0 Å². The van der Waals surface area contributed by atoms with Crippen LogP contribution in [0.5, 0.6) is 5.88 Å². The number of aromatic nitrogens is 1. The summed E-state index contributed by atoms with van der Waals surface area (Å²) in [6, 6.07) is 15.4. The molecular weight excluding hydrogens is 272 g/mol. The van der Waals surface area contributed by atoms with Crippen molar-refractivity contribution in [1.82, 2.24) is 10.3 Å². The largest absolute Gasteiger partial charge is 0.481 e. The van der Waals surface area contributed by atoms with Crippen molar-refractivity contribution < 1.29 is 4.74 Å². The highest BCUT2D eigenvalue weighted by Gasteiger charge is 2.48. The monoisotopic (exact) mass is 296 g/mol. The Balaban J connectivity index is 1.61. The zero-order valence-corrected chi connectivity index (χ0v) is 13.5. The van der Waals surface area contributed by atoms with E-state index in [9.17, 15) is 0 Å². The Morgan fingerprint density at radius 1 is 1.23 bits per heavy atom. The van der Waals surface area contributed by atoms with Crippen LogP contribution in [0.25, 0.3) is 0 Å². The van der Waals surface area contributed by atoms with Gasteiger partial charge < -0.3 is 10.1 Å². The van der Waals surface area contributed by atoms with E-state index in [0.29, 0.717) is 17.8 Å². The third-order valence-corrected chi connectivity index (χ3v) is 5.03. The van der Waals surface area contributed by atoms with Gasteiger partial charge in [0.25, 0.3) is 0 Å². The maximum absolute atomic E-state index is 5.18. The van der Waals surface area contributed by atoms with Crippen molar-refractivity contribution in [2.75, 3.05) is 7.11 Å². The Hall–Kier alpha value is -1.87. The normalized spacial score (nSPS) is 22.9. The lowest BCUT2D eigenvalue weighted by Crippen LogP contribution is -2.55. The molecule has 1 fully saturated rings. The third-order valence-electron chi connectivity index (χ3n) is 5.03. The van der Waals surface area contributed by atoms with E-state index in [1.165, 1.54) is 17.5 Å². The summed E-state index contributed by atoms with van der Waals surface area (Å²) in [5.74, 6) is 1.31. The average Bonchev–Trinajstić information content (AvgIpc) is 2.55. The molecule has 3 heteroatoms. The molecule has 0 amide bonds. The number of nitrogens with zero attached hydrogens (tertiary/aromatic N) is 1. The number of nitrogens with one attached hydrogen (secondary N) is 1. The van der Waals surface area contributed by atoms with E-state index < -0.39 is 0 Å². The van der Waals surface area contributed by atoms with Crippen molar-refractivity contribution in [2.24, 2.45) is 5.41 Å². The van der Waals surface area contributed by atoms with Gasteiger partial charge in [0.05, 0.1) is 7.11 Å². The van der Waals surface area contributed by atoms with Crippen LogP contribution in [0.15, 0.2) is 48.7 Å². The Morgan fingerprint density at radius 2 is 2.00 bits per heavy atom. The molecule has 0 radical (unpaired) electrons. The van der Waals surface area contributed by atoms with Crippen LogP contribution in [-0.4, -0.2) is 18.1 Å². The highest BCUT2D eigenvalue weighted by Crippen LogP contribution is 2.52. The predicted molar refractivity (Wildman–Crippen MR) is 89.0 cm³/mol. The van der Waals surface area contributed by atoms with Crippen molar-refractivity contribution in [3.05, 3.63) is 59.8 Å². The highest BCUT2D eigenvalue weighted by atomic mass is 16.5. The van der Waals surface area contributed by atoms with E-state index in [1.54, 1.807) is 13.3 Å². The molecule has 1 aliphatic rings. The first-order valence-electron chi connectivity index (χ1n) is 7.88. The first-order chi connectivity index (χ1) is 10.6. The fourth-order valence-electron chi connectivity index (χ4n) is 3.44. The molecule has 1 heterocycles.